The van der Waals surface area contributed by atoms with E-state index in [1.54, 1.807) is 6.07 Å². The lowest BCUT2D eigenvalue weighted by molar-refractivity contribution is -0.137. The van der Waals surface area contributed by atoms with Crippen molar-refractivity contribution in [3.8, 4) is 0 Å². The summed E-state index contributed by atoms with van der Waals surface area (Å²) in [5.74, 6) is -0.246. The van der Waals surface area contributed by atoms with Crippen LogP contribution in [0.5, 0.6) is 0 Å². The number of nitrogens with one attached hydrogen (secondary N) is 1. The Balaban J connectivity index is 1.94. The second-order valence-corrected chi connectivity index (χ2v) is 5.65. The van der Waals surface area contributed by atoms with Crippen LogP contribution in [0.4, 0.5) is 13.2 Å². The first-order valence-corrected chi connectivity index (χ1v) is 7.61. The maximum atomic E-state index is 12.6. The van der Waals surface area contributed by atoms with Gasteiger partial charge in [-0.15, -0.1) is 0 Å². The molecule has 22 heavy (non-hydrogen) atoms. The van der Waals surface area contributed by atoms with Crippen molar-refractivity contribution in [2.75, 3.05) is 0 Å². The molecule has 0 saturated heterocycles. The lowest BCUT2D eigenvalue weighted by Crippen LogP contribution is -2.33. The summed E-state index contributed by atoms with van der Waals surface area (Å²) in [5, 5.41) is 2.93. The first-order valence-electron chi connectivity index (χ1n) is 7.61. The van der Waals surface area contributed by atoms with Gasteiger partial charge in [0, 0.05) is 12.1 Å². The van der Waals surface area contributed by atoms with Crippen LogP contribution >= 0.6 is 0 Å². The summed E-state index contributed by atoms with van der Waals surface area (Å²) in [6.07, 6.45) is 4.93. The van der Waals surface area contributed by atoms with Crippen LogP contribution in [0.3, 0.4) is 0 Å². The van der Waals surface area contributed by atoms with Crippen LogP contribution in [0.25, 0.3) is 6.08 Å². The molecule has 2 nitrogen and oxygen atoms in total. The summed E-state index contributed by atoms with van der Waals surface area (Å²) >= 11 is 0. The molecule has 0 bridgehead atoms. The van der Waals surface area contributed by atoms with Gasteiger partial charge in [0.05, 0.1) is 5.56 Å². The molecule has 1 N–H and O–H groups in total. The average Bonchev–Trinajstić information content (AvgIpc) is 2.73. The highest BCUT2D eigenvalue weighted by atomic mass is 19.4. The molecule has 0 unspecified atom stereocenters. The van der Waals surface area contributed by atoms with Crippen molar-refractivity contribution in [3.63, 3.8) is 0 Å². The monoisotopic (exact) mass is 311 g/mol. The van der Waals surface area contributed by atoms with Crippen molar-refractivity contribution in [1.29, 1.82) is 0 Å². The summed E-state index contributed by atoms with van der Waals surface area (Å²) in [5.41, 5.74) is -0.343. The zero-order valence-corrected chi connectivity index (χ0v) is 12.3. The van der Waals surface area contributed by atoms with Crippen LogP contribution in [0, 0.1) is 0 Å². The van der Waals surface area contributed by atoms with Crippen molar-refractivity contribution in [3.05, 3.63) is 41.5 Å². The fraction of sp³-hybridized carbons (Fsp3) is 0.471. The lowest BCUT2D eigenvalue weighted by atomic mass is 10.1. The molecule has 1 aromatic rings. The number of benzene rings is 1. The van der Waals surface area contributed by atoms with Gasteiger partial charge < -0.3 is 5.32 Å². The van der Waals surface area contributed by atoms with E-state index in [-0.39, 0.29) is 11.9 Å². The standard InChI is InChI=1S/C17H20F3NO/c18-17(19,20)14-7-5-6-13(12-14)10-11-16(22)21-15-8-3-1-2-4-9-15/h5-7,10-12,15H,1-4,8-9H2,(H,21,22)/b11-10+. The van der Waals surface area contributed by atoms with E-state index >= 15 is 0 Å². The number of alkyl halides is 3. The predicted molar refractivity (Wildman–Crippen MR) is 80.1 cm³/mol. The van der Waals surface area contributed by atoms with Crippen LogP contribution in [-0.4, -0.2) is 11.9 Å². The molecule has 0 heterocycles. The third kappa shape index (κ3) is 5.20. The van der Waals surface area contributed by atoms with Crippen molar-refractivity contribution in [1.82, 2.24) is 5.32 Å². The highest BCUT2D eigenvalue weighted by Crippen LogP contribution is 2.29. The quantitative estimate of drug-likeness (QED) is 0.643. The van der Waals surface area contributed by atoms with Gasteiger partial charge in [-0.3, -0.25) is 4.79 Å². The largest absolute Gasteiger partial charge is 0.416 e. The molecule has 1 saturated carbocycles. The van der Waals surface area contributed by atoms with E-state index in [1.165, 1.54) is 31.1 Å². The predicted octanol–water partition coefficient (Wildman–Crippen LogP) is 4.56. The normalized spacial score (nSPS) is 17.4. The fourth-order valence-electron chi connectivity index (χ4n) is 2.66. The molecule has 120 valence electrons. The molecule has 5 heteroatoms. The van der Waals surface area contributed by atoms with Crippen LogP contribution in [-0.2, 0) is 11.0 Å². The number of rotatable bonds is 3. The molecular formula is C17H20F3NO. The van der Waals surface area contributed by atoms with E-state index in [2.05, 4.69) is 5.32 Å². The summed E-state index contributed by atoms with van der Waals surface area (Å²) in [7, 11) is 0. The van der Waals surface area contributed by atoms with Gasteiger partial charge in [-0.25, -0.2) is 0 Å². The topological polar surface area (TPSA) is 29.1 Å². The third-order valence-electron chi connectivity index (χ3n) is 3.84. The Kier molecular flexibility index (Phi) is 5.63. The van der Waals surface area contributed by atoms with Gasteiger partial charge in [-0.05, 0) is 36.6 Å². The number of hydrogen-bond donors (Lipinski definition) is 1. The summed E-state index contributed by atoms with van der Waals surface area (Å²) in [6, 6.07) is 5.12. The Labute approximate surface area is 128 Å². The third-order valence-corrected chi connectivity index (χ3v) is 3.84. The Morgan fingerprint density at radius 3 is 2.45 bits per heavy atom. The molecule has 0 aliphatic heterocycles. The van der Waals surface area contributed by atoms with Crippen molar-refractivity contribution < 1.29 is 18.0 Å². The minimum Gasteiger partial charge on any atom is -0.350 e. The van der Waals surface area contributed by atoms with Gasteiger partial charge in [0.15, 0.2) is 0 Å². The molecule has 0 aromatic heterocycles. The first kappa shape index (κ1) is 16.6. The van der Waals surface area contributed by atoms with Crippen LogP contribution in [0.2, 0.25) is 0 Å². The van der Waals surface area contributed by atoms with Crippen molar-refractivity contribution in [2.24, 2.45) is 0 Å². The maximum Gasteiger partial charge on any atom is 0.416 e. The zero-order valence-electron chi connectivity index (χ0n) is 12.3. The molecule has 1 aromatic carbocycles. The van der Waals surface area contributed by atoms with Gasteiger partial charge in [-0.2, -0.15) is 13.2 Å². The first-order chi connectivity index (χ1) is 10.4. The number of carbonyl (C=O) groups is 1. The number of halogens is 3. The molecule has 1 amide bonds. The van der Waals surface area contributed by atoms with Gasteiger partial charge in [0.1, 0.15) is 0 Å². The molecule has 1 fully saturated rings. The molecule has 2 rings (SSSR count). The molecule has 0 atom stereocenters. The Morgan fingerprint density at radius 1 is 1.14 bits per heavy atom. The second-order valence-electron chi connectivity index (χ2n) is 5.65. The van der Waals surface area contributed by atoms with Gasteiger partial charge >= 0.3 is 6.18 Å². The minimum absolute atomic E-state index is 0.182. The second kappa shape index (κ2) is 7.47. The SMILES string of the molecule is O=C(/C=C/c1cccc(C(F)(F)F)c1)NC1CCCCCC1. The van der Waals surface area contributed by atoms with Gasteiger partial charge in [0.2, 0.25) is 5.91 Å². The smallest absolute Gasteiger partial charge is 0.350 e. The van der Waals surface area contributed by atoms with E-state index in [1.807, 2.05) is 0 Å². The van der Waals surface area contributed by atoms with E-state index in [0.717, 1.165) is 37.8 Å². The average molecular weight is 311 g/mol. The molecule has 0 radical (unpaired) electrons. The molecule has 0 spiro atoms. The van der Waals surface area contributed by atoms with Crippen molar-refractivity contribution in [2.45, 2.75) is 50.7 Å². The maximum absolute atomic E-state index is 12.6. The lowest BCUT2D eigenvalue weighted by Gasteiger charge is -2.14. The number of hydrogen-bond acceptors (Lipinski definition) is 1. The Hall–Kier alpha value is -1.78. The van der Waals surface area contributed by atoms with Crippen LogP contribution < -0.4 is 5.32 Å². The Bertz CT molecular complexity index is 529. The van der Waals surface area contributed by atoms with E-state index in [9.17, 15) is 18.0 Å². The van der Waals surface area contributed by atoms with E-state index in [0.29, 0.717) is 5.56 Å². The zero-order chi connectivity index (χ0) is 16.0. The van der Waals surface area contributed by atoms with Gasteiger partial charge in [-0.1, -0.05) is 37.8 Å². The van der Waals surface area contributed by atoms with Crippen molar-refractivity contribution >= 4 is 12.0 Å². The summed E-state index contributed by atoms with van der Waals surface area (Å²) < 4.78 is 37.8. The summed E-state index contributed by atoms with van der Waals surface area (Å²) in [4.78, 5) is 11.9. The van der Waals surface area contributed by atoms with Gasteiger partial charge in [0.25, 0.3) is 0 Å². The molecule has 1 aliphatic carbocycles. The fourth-order valence-corrected chi connectivity index (χ4v) is 2.66. The Morgan fingerprint density at radius 2 is 1.82 bits per heavy atom. The summed E-state index contributed by atoms with van der Waals surface area (Å²) in [6.45, 7) is 0. The van der Waals surface area contributed by atoms with E-state index < -0.39 is 11.7 Å². The minimum atomic E-state index is -4.37. The number of carbonyl (C=O) groups excluding carboxylic acids is 1. The molecule has 1 aliphatic rings. The van der Waals surface area contributed by atoms with Crippen LogP contribution in [0.15, 0.2) is 30.3 Å². The number of amides is 1. The highest BCUT2D eigenvalue weighted by molar-refractivity contribution is 5.91. The van der Waals surface area contributed by atoms with E-state index in [4.69, 9.17) is 0 Å². The molecular weight excluding hydrogens is 291 g/mol. The highest BCUT2D eigenvalue weighted by Gasteiger charge is 2.30. The van der Waals surface area contributed by atoms with Crippen LogP contribution in [0.1, 0.15) is 49.7 Å².